The first-order valence-corrected chi connectivity index (χ1v) is 7.69. The molecule has 1 heterocycles. The van der Waals surface area contributed by atoms with Crippen LogP contribution in [0, 0.1) is 5.92 Å². The van der Waals surface area contributed by atoms with Gasteiger partial charge < -0.3 is 14.2 Å². The van der Waals surface area contributed by atoms with Crippen molar-refractivity contribution in [3.63, 3.8) is 0 Å². The standard InChI is InChI=1S/C18H22O5/c1-6-11(4)18(20)23-15-8-7-13(22-17(19)10(2)3)9-14(15)16-12(5)21-16/h6-10,12,16H,1-5H3/b11-6-/t12-,16+/m1/s1. The van der Waals surface area contributed by atoms with Crippen LogP contribution < -0.4 is 9.47 Å². The lowest BCUT2D eigenvalue weighted by Crippen LogP contribution is -2.15. The first kappa shape index (κ1) is 17.2. The van der Waals surface area contributed by atoms with Gasteiger partial charge in [-0.25, -0.2) is 4.79 Å². The molecule has 124 valence electrons. The van der Waals surface area contributed by atoms with Crippen LogP contribution in [0.1, 0.15) is 46.3 Å². The number of allylic oxidation sites excluding steroid dienone is 1. The van der Waals surface area contributed by atoms with E-state index in [9.17, 15) is 9.59 Å². The summed E-state index contributed by atoms with van der Waals surface area (Å²) in [6.07, 6.45) is 1.59. The molecule has 0 aliphatic carbocycles. The van der Waals surface area contributed by atoms with Gasteiger partial charge in [0.05, 0.1) is 12.0 Å². The van der Waals surface area contributed by atoms with Crippen LogP contribution in [0.5, 0.6) is 11.5 Å². The van der Waals surface area contributed by atoms with Crippen molar-refractivity contribution in [2.45, 2.75) is 46.8 Å². The molecule has 1 aromatic rings. The first-order chi connectivity index (χ1) is 10.8. The molecule has 1 aliphatic rings. The van der Waals surface area contributed by atoms with Crippen LogP contribution in [0.2, 0.25) is 0 Å². The molecule has 1 aromatic carbocycles. The molecule has 2 atom stereocenters. The average Bonchev–Trinajstić information content (AvgIpc) is 3.24. The van der Waals surface area contributed by atoms with Crippen molar-refractivity contribution < 1.29 is 23.8 Å². The Morgan fingerprint density at radius 1 is 1.26 bits per heavy atom. The Hall–Kier alpha value is -2.14. The maximum absolute atomic E-state index is 12.0. The lowest BCUT2D eigenvalue weighted by atomic mass is 10.1. The van der Waals surface area contributed by atoms with Crippen molar-refractivity contribution in [3.8, 4) is 11.5 Å². The molecule has 5 heteroatoms. The monoisotopic (exact) mass is 318 g/mol. The van der Waals surface area contributed by atoms with Crippen LogP contribution in [-0.2, 0) is 14.3 Å². The maximum atomic E-state index is 12.0. The number of hydrogen-bond donors (Lipinski definition) is 0. The van der Waals surface area contributed by atoms with Crippen molar-refractivity contribution in [2.75, 3.05) is 0 Å². The van der Waals surface area contributed by atoms with Crippen molar-refractivity contribution >= 4 is 11.9 Å². The fourth-order valence-electron chi connectivity index (χ4n) is 1.95. The highest BCUT2D eigenvalue weighted by molar-refractivity contribution is 5.89. The Labute approximate surface area is 136 Å². The van der Waals surface area contributed by atoms with E-state index in [2.05, 4.69) is 0 Å². The van der Waals surface area contributed by atoms with Crippen LogP contribution in [0.4, 0.5) is 0 Å². The van der Waals surface area contributed by atoms with E-state index in [1.165, 1.54) is 0 Å². The quantitative estimate of drug-likeness (QED) is 0.359. The van der Waals surface area contributed by atoms with Crippen molar-refractivity contribution in [1.82, 2.24) is 0 Å². The summed E-state index contributed by atoms with van der Waals surface area (Å²) < 4.78 is 16.2. The molecule has 5 nitrogen and oxygen atoms in total. The van der Waals surface area contributed by atoms with Gasteiger partial charge in [0, 0.05) is 11.1 Å². The van der Waals surface area contributed by atoms with E-state index in [1.54, 1.807) is 52.0 Å². The third kappa shape index (κ3) is 4.20. The van der Waals surface area contributed by atoms with Gasteiger partial charge in [-0.3, -0.25) is 4.79 Å². The second kappa shape index (κ2) is 6.96. The van der Waals surface area contributed by atoms with Crippen LogP contribution >= 0.6 is 0 Å². The van der Waals surface area contributed by atoms with Gasteiger partial charge in [-0.2, -0.15) is 0 Å². The van der Waals surface area contributed by atoms with Gasteiger partial charge in [-0.15, -0.1) is 0 Å². The molecule has 23 heavy (non-hydrogen) atoms. The van der Waals surface area contributed by atoms with Crippen molar-refractivity contribution in [1.29, 1.82) is 0 Å². The Morgan fingerprint density at radius 3 is 2.43 bits per heavy atom. The van der Waals surface area contributed by atoms with E-state index < -0.39 is 5.97 Å². The molecule has 2 rings (SSSR count). The zero-order valence-electron chi connectivity index (χ0n) is 14.1. The van der Waals surface area contributed by atoms with Gasteiger partial charge in [0.25, 0.3) is 0 Å². The minimum absolute atomic E-state index is 0.0475. The number of rotatable bonds is 5. The molecular formula is C18H22O5. The first-order valence-electron chi connectivity index (χ1n) is 7.69. The molecule has 1 saturated heterocycles. The van der Waals surface area contributed by atoms with Crippen LogP contribution in [-0.4, -0.2) is 18.0 Å². The zero-order chi connectivity index (χ0) is 17.1. The van der Waals surface area contributed by atoms with Gasteiger partial charge in [0.1, 0.15) is 17.6 Å². The maximum Gasteiger partial charge on any atom is 0.338 e. The summed E-state index contributed by atoms with van der Waals surface area (Å²) in [5, 5.41) is 0. The number of benzene rings is 1. The lowest BCUT2D eigenvalue weighted by molar-refractivity contribution is -0.137. The summed E-state index contributed by atoms with van der Waals surface area (Å²) in [4.78, 5) is 23.7. The largest absolute Gasteiger partial charge is 0.426 e. The zero-order valence-corrected chi connectivity index (χ0v) is 14.1. The number of carbonyl (C=O) groups excluding carboxylic acids is 2. The Balaban J connectivity index is 2.25. The van der Waals surface area contributed by atoms with Crippen LogP contribution in [0.3, 0.4) is 0 Å². The summed E-state index contributed by atoms with van der Waals surface area (Å²) in [6, 6.07) is 4.94. The molecule has 0 bridgehead atoms. The van der Waals surface area contributed by atoms with E-state index in [-0.39, 0.29) is 24.1 Å². The van der Waals surface area contributed by atoms with Crippen LogP contribution in [0.25, 0.3) is 0 Å². The molecule has 0 amide bonds. The predicted octanol–water partition coefficient (Wildman–Crippen LogP) is 3.58. The highest BCUT2D eigenvalue weighted by Gasteiger charge is 2.38. The summed E-state index contributed by atoms with van der Waals surface area (Å²) in [6.45, 7) is 8.94. The van der Waals surface area contributed by atoms with E-state index >= 15 is 0 Å². The molecule has 0 saturated carbocycles. The van der Waals surface area contributed by atoms with Gasteiger partial charge in [0.15, 0.2) is 0 Å². The number of hydrogen-bond acceptors (Lipinski definition) is 5. The number of carbonyl (C=O) groups is 2. The number of epoxide rings is 1. The van der Waals surface area contributed by atoms with Crippen molar-refractivity contribution in [3.05, 3.63) is 35.4 Å². The van der Waals surface area contributed by atoms with Crippen molar-refractivity contribution in [2.24, 2.45) is 5.92 Å². The molecule has 0 unspecified atom stereocenters. The highest BCUT2D eigenvalue weighted by Crippen LogP contribution is 2.44. The fraction of sp³-hybridized carbons (Fsp3) is 0.444. The normalized spacial score (nSPS) is 20.3. The molecule has 1 aliphatic heterocycles. The fourth-order valence-corrected chi connectivity index (χ4v) is 1.95. The third-order valence-electron chi connectivity index (χ3n) is 3.65. The summed E-state index contributed by atoms with van der Waals surface area (Å²) >= 11 is 0. The molecule has 1 fully saturated rings. The highest BCUT2D eigenvalue weighted by atomic mass is 16.6. The van der Waals surface area contributed by atoms with E-state index in [0.29, 0.717) is 22.6 Å². The Kier molecular flexibility index (Phi) is 5.21. The van der Waals surface area contributed by atoms with Crippen LogP contribution in [0.15, 0.2) is 29.8 Å². The topological polar surface area (TPSA) is 65.1 Å². The minimum Gasteiger partial charge on any atom is -0.426 e. The molecule has 0 aromatic heterocycles. The second-order valence-electron chi connectivity index (χ2n) is 5.90. The van der Waals surface area contributed by atoms with Gasteiger partial charge in [0.2, 0.25) is 0 Å². The van der Waals surface area contributed by atoms with E-state index in [0.717, 1.165) is 0 Å². The van der Waals surface area contributed by atoms with E-state index in [4.69, 9.17) is 14.2 Å². The predicted molar refractivity (Wildman–Crippen MR) is 85.3 cm³/mol. The summed E-state index contributed by atoms with van der Waals surface area (Å²) in [5.41, 5.74) is 1.24. The Bertz CT molecular complexity index is 645. The third-order valence-corrected chi connectivity index (χ3v) is 3.65. The smallest absolute Gasteiger partial charge is 0.338 e. The molecule has 0 spiro atoms. The second-order valence-corrected chi connectivity index (χ2v) is 5.90. The summed E-state index contributed by atoms with van der Waals surface area (Å²) in [7, 11) is 0. The van der Waals surface area contributed by atoms with Gasteiger partial charge >= 0.3 is 11.9 Å². The van der Waals surface area contributed by atoms with Gasteiger partial charge in [-0.05, 0) is 39.0 Å². The minimum atomic E-state index is -0.408. The Morgan fingerprint density at radius 2 is 1.91 bits per heavy atom. The molecule has 0 radical (unpaired) electrons. The summed E-state index contributed by atoms with van der Waals surface area (Å²) in [5.74, 6) is -0.0903. The lowest BCUT2D eigenvalue weighted by Gasteiger charge is -2.12. The number of esters is 2. The van der Waals surface area contributed by atoms with E-state index in [1.807, 2.05) is 6.92 Å². The average molecular weight is 318 g/mol. The molecule has 0 N–H and O–H groups in total. The molecular weight excluding hydrogens is 296 g/mol. The van der Waals surface area contributed by atoms with Gasteiger partial charge in [-0.1, -0.05) is 19.9 Å². The SMILES string of the molecule is C/C=C(/C)C(=O)Oc1ccc(OC(=O)C(C)C)cc1[C@H]1O[C@@H]1C. The number of ether oxygens (including phenoxy) is 3.